The van der Waals surface area contributed by atoms with Crippen molar-refractivity contribution >= 4 is 16.8 Å². The Balaban J connectivity index is 1.71. The molecule has 112 valence electrons. The number of nitrogens with zero attached hydrogens (tertiary/aromatic N) is 1. The van der Waals surface area contributed by atoms with E-state index in [4.69, 9.17) is 0 Å². The van der Waals surface area contributed by atoms with Gasteiger partial charge in [-0.2, -0.15) is 0 Å². The van der Waals surface area contributed by atoms with Crippen LogP contribution in [-0.2, 0) is 6.42 Å². The van der Waals surface area contributed by atoms with Crippen molar-refractivity contribution in [3.05, 3.63) is 71.4 Å². The Kier molecular flexibility index (Phi) is 3.96. The highest BCUT2D eigenvalue weighted by molar-refractivity contribution is 5.95. The molecule has 1 N–H and O–H groups in total. The van der Waals surface area contributed by atoms with E-state index in [-0.39, 0.29) is 5.91 Å². The Bertz CT molecular complexity index is 804. The predicted molar refractivity (Wildman–Crippen MR) is 90.1 cm³/mol. The van der Waals surface area contributed by atoms with Gasteiger partial charge in [-0.1, -0.05) is 36.4 Å². The fourth-order valence-electron chi connectivity index (χ4n) is 2.75. The number of H-pyrrole nitrogens is 1. The molecule has 0 bridgehead atoms. The molecule has 0 unspecified atom stereocenters. The Morgan fingerprint density at radius 1 is 1.09 bits per heavy atom. The van der Waals surface area contributed by atoms with Gasteiger partial charge in [0.1, 0.15) is 0 Å². The van der Waals surface area contributed by atoms with Crippen molar-refractivity contribution in [2.75, 3.05) is 13.6 Å². The van der Waals surface area contributed by atoms with Gasteiger partial charge >= 0.3 is 0 Å². The van der Waals surface area contributed by atoms with E-state index in [9.17, 15) is 4.79 Å². The van der Waals surface area contributed by atoms with Crippen LogP contribution in [0.1, 0.15) is 21.5 Å². The molecule has 0 atom stereocenters. The number of aromatic nitrogens is 1. The van der Waals surface area contributed by atoms with Crippen LogP contribution in [0, 0.1) is 6.92 Å². The molecule has 1 amide bonds. The summed E-state index contributed by atoms with van der Waals surface area (Å²) in [6.45, 7) is 2.68. The van der Waals surface area contributed by atoms with Crippen LogP contribution < -0.4 is 0 Å². The molecule has 3 rings (SSSR count). The minimum absolute atomic E-state index is 0.0814. The molecule has 0 aliphatic heterocycles. The van der Waals surface area contributed by atoms with Gasteiger partial charge in [0.15, 0.2) is 0 Å². The van der Waals surface area contributed by atoms with Crippen LogP contribution in [0.4, 0.5) is 0 Å². The molecular weight excluding hydrogens is 272 g/mol. The van der Waals surface area contributed by atoms with Crippen molar-refractivity contribution in [2.24, 2.45) is 0 Å². The van der Waals surface area contributed by atoms with Gasteiger partial charge in [0.25, 0.3) is 5.91 Å². The third kappa shape index (κ3) is 2.75. The molecule has 0 saturated heterocycles. The highest BCUT2D eigenvalue weighted by Crippen LogP contribution is 2.18. The van der Waals surface area contributed by atoms with Gasteiger partial charge in [-0.25, -0.2) is 0 Å². The average molecular weight is 292 g/mol. The highest BCUT2D eigenvalue weighted by Gasteiger charge is 2.14. The molecule has 0 saturated carbocycles. The molecule has 0 aliphatic carbocycles. The van der Waals surface area contributed by atoms with Crippen LogP contribution in [0.15, 0.2) is 54.7 Å². The van der Waals surface area contributed by atoms with E-state index in [1.54, 1.807) is 4.90 Å². The van der Waals surface area contributed by atoms with Crippen LogP contribution in [0.25, 0.3) is 10.9 Å². The van der Waals surface area contributed by atoms with Crippen molar-refractivity contribution in [1.82, 2.24) is 9.88 Å². The lowest BCUT2D eigenvalue weighted by molar-refractivity contribution is 0.0796. The van der Waals surface area contributed by atoms with Crippen molar-refractivity contribution in [1.29, 1.82) is 0 Å². The van der Waals surface area contributed by atoms with E-state index in [0.29, 0.717) is 6.54 Å². The lowest BCUT2D eigenvalue weighted by atomic mass is 10.1. The zero-order chi connectivity index (χ0) is 15.5. The first-order valence-corrected chi connectivity index (χ1v) is 7.53. The van der Waals surface area contributed by atoms with E-state index in [0.717, 1.165) is 23.1 Å². The topological polar surface area (TPSA) is 36.1 Å². The van der Waals surface area contributed by atoms with Crippen molar-refractivity contribution in [2.45, 2.75) is 13.3 Å². The lowest BCUT2D eigenvalue weighted by Crippen LogP contribution is -2.29. The van der Waals surface area contributed by atoms with Crippen molar-refractivity contribution < 1.29 is 4.79 Å². The third-order valence-electron chi connectivity index (χ3n) is 4.11. The van der Waals surface area contributed by atoms with Gasteiger partial charge < -0.3 is 9.88 Å². The number of aromatic amines is 1. The summed E-state index contributed by atoms with van der Waals surface area (Å²) in [6.07, 6.45) is 2.88. The molecule has 3 aromatic rings. The van der Waals surface area contributed by atoms with E-state index in [1.807, 2.05) is 56.6 Å². The van der Waals surface area contributed by atoms with Crippen LogP contribution in [0.5, 0.6) is 0 Å². The number of fused-ring (bicyclic) bond motifs is 1. The van der Waals surface area contributed by atoms with Gasteiger partial charge in [0.2, 0.25) is 0 Å². The molecule has 1 aromatic heterocycles. The van der Waals surface area contributed by atoms with Crippen LogP contribution in [0.2, 0.25) is 0 Å². The monoisotopic (exact) mass is 292 g/mol. The molecule has 1 heterocycles. The molecule has 3 nitrogen and oxygen atoms in total. The molecule has 2 aromatic carbocycles. The fraction of sp³-hybridized carbons (Fsp3) is 0.211. The van der Waals surface area contributed by atoms with E-state index >= 15 is 0 Å². The maximum absolute atomic E-state index is 12.5. The highest BCUT2D eigenvalue weighted by atomic mass is 16.2. The van der Waals surface area contributed by atoms with E-state index in [1.165, 1.54) is 10.9 Å². The second-order valence-electron chi connectivity index (χ2n) is 5.65. The summed E-state index contributed by atoms with van der Waals surface area (Å²) in [5.41, 5.74) is 4.20. The summed E-state index contributed by atoms with van der Waals surface area (Å²) in [4.78, 5) is 17.6. The molecule has 0 fully saturated rings. The summed E-state index contributed by atoms with van der Waals surface area (Å²) in [6, 6.07) is 16.0. The maximum Gasteiger partial charge on any atom is 0.253 e. The van der Waals surface area contributed by atoms with Gasteiger partial charge in [0, 0.05) is 36.3 Å². The minimum Gasteiger partial charge on any atom is -0.361 e. The Morgan fingerprint density at radius 3 is 2.64 bits per heavy atom. The smallest absolute Gasteiger partial charge is 0.253 e. The molecule has 22 heavy (non-hydrogen) atoms. The summed E-state index contributed by atoms with van der Waals surface area (Å²) in [5, 5.41) is 1.24. The zero-order valence-electron chi connectivity index (χ0n) is 13.0. The molecular formula is C19H20N2O. The molecule has 0 aliphatic rings. The third-order valence-corrected chi connectivity index (χ3v) is 4.11. The Morgan fingerprint density at radius 2 is 1.82 bits per heavy atom. The van der Waals surface area contributed by atoms with Crippen LogP contribution in [-0.4, -0.2) is 29.4 Å². The van der Waals surface area contributed by atoms with Crippen molar-refractivity contribution in [3.8, 4) is 0 Å². The number of hydrogen-bond donors (Lipinski definition) is 1. The standard InChI is InChI=1S/C19H20N2O/c1-14-7-3-4-8-16(14)19(22)21(2)12-11-15-13-20-18-10-6-5-9-17(15)18/h3-10,13,20H,11-12H2,1-2H3. The Hall–Kier alpha value is -2.55. The number of carbonyl (C=O) groups is 1. The predicted octanol–water partition coefficient (Wildman–Crippen LogP) is 3.79. The summed E-state index contributed by atoms with van der Waals surface area (Å²) in [5.74, 6) is 0.0814. The molecule has 0 spiro atoms. The van der Waals surface area contributed by atoms with Gasteiger partial charge in [-0.05, 0) is 36.6 Å². The van der Waals surface area contributed by atoms with Gasteiger partial charge in [0.05, 0.1) is 0 Å². The molecule has 0 radical (unpaired) electrons. The van der Waals surface area contributed by atoms with Gasteiger partial charge in [-0.15, -0.1) is 0 Å². The molecule has 3 heteroatoms. The summed E-state index contributed by atoms with van der Waals surface area (Å²) < 4.78 is 0. The fourth-order valence-corrected chi connectivity index (χ4v) is 2.75. The van der Waals surface area contributed by atoms with E-state index in [2.05, 4.69) is 17.1 Å². The second kappa shape index (κ2) is 6.06. The number of carbonyl (C=O) groups excluding carboxylic acids is 1. The van der Waals surface area contributed by atoms with Crippen LogP contribution in [0.3, 0.4) is 0 Å². The number of aryl methyl sites for hydroxylation is 1. The second-order valence-corrected chi connectivity index (χ2v) is 5.65. The minimum atomic E-state index is 0.0814. The number of hydrogen-bond acceptors (Lipinski definition) is 1. The summed E-state index contributed by atoms with van der Waals surface area (Å²) >= 11 is 0. The van der Waals surface area contributed by atoms with E-state index < -0.39 is 0 Å². The zero-order valence-corrected chi connectivity index (χ0v) is 13.0. The summed E-state index contributed by atoms with van der Waals surface area (Å²) in [7, 11) is 1.86. The first-order chi connectivity index (χ1) is 10.7. The number of benzene rings is 2. The quantitative estimate of drug-likeness (QED) is 0.780. The number of amides is 1. The first kappa shape index (κ1) is 14.4. The number of nitrogens with one attached hydrogen (secondary N) is 1. The number of para-hydroxylation sites is 1. The largest absolute Gasteiger partial charge is 0.361 e. The number of rotatable bonds is 4. The van der Waals surface area contributed by atoms with Gasteiger partial charge in [-0.3, -0.25) is 4.79 Å². The number of likely N-dealkylation sites (N-methyl/N-ethyl adjacent to an activating group) is 1. The average Bonchev–Trinajstić information content (AvgIpc) is 2.95. The SMILES string of the molecule is Cc1ccccc1C(=O)N(C)CCc1c[nH]c2ccccc12. The normalized spacial score (nSPS) is 10.8. The lowest BCUT2D eigenvalue weighted by Gasteiger charge is -2.18. The maximum atomic E-state index is 12.5. The Labute approximate surface area is 130 Å². The van der Waals surface area contributed by atoms with Crippen molar-refractivity contribution in [3.63, 3.8) is 0 Å². The first-order valence-electron chi connectivity index (χ1n) is 7.53. The van der Waals surface area contributed by atoms with Crippen LogP contribution >= 0.6 is 0 Å².